The lowest BCUT2D eigenvalue weighted by Crippen LogP contribution is -2.17. The van der Waals surface area contributed by atoms with Gasteiger partial charge in [-0.2, -0.15) is 5.10 Å². The second-order valence-corrected chi connectivity index (χ2v) is 4.70. The van der Waals surface area contributed by atoms with Crippen LogP contribution in [0, 0.1) is 6.92 Å². The normalized spacial score (nSPS) is 11.1. The van der Waals surface area contributed by atoms with Crippen LogP contribution in [0.5, 0.6) is 0 Å². The van der Waals surface area contributed by atoms with Crippen molar-refractivity contribution in [3.63, 3.8) is 0 Å². The predicted octanol–water partition coefficient (Wildman–Crippen LogP) is 3.51. The maximum Gasteiger partial charge on any atom is 0.274 e. The smallest absolute Gasteiger partial charge is 0.274 e. The van der Waals surface area contributed by atoms with E-state index in [9.17, 15) is 4.79 Å². The van der Waals surface area contributed by atoms with E-state index in [1.807, 2.05) is 36.4 Å². The fraction of sp³-hybridized carbons (Fsp3) is 0.0588. The molecule has 1 heterocycles. The first-order chi connectivity index (χ1) is 10.2. The van der Waals surface area contributed by atoms with E-state index >= 15 is 0 Å². The molecular formula is C17H14N2O2. The topological polar surface area (TPSA) is 54.6 Å². The van der Waals surface area contributed by atoms with Crippen LogP contribution in [-0.4, -0.2) is 12.1 Å². The van der Waals surface area contributed by atoms with Crippen molar-refractivity contribution in [2.24, 2.45) is 5.10 Å². The van der Waals surface area contributed by atoms with Gasteiger partial charge in [-0.05, 0) is 35.4 Å². The zero-order valence-electron chi connectivity index (χ0n) is 11.5. The van der Waals surface area contributed by atoms with Crippen LogP contribution in [0.15, 0.2) is 64.3 Å². The van der Waals surface area contributed by atoms with Crippen molar-refractivity contribution in [2.45, 2.75) is 6.92 Å². The van der Waals surface area contributed by atoms with E-state index < -0.39 is 0 Å². The number of nitrogens with one attached hydrogen (secondary N) is 1. The number of nitrogens with zero attached hydrogens (tertiary/aromatic N) is 1. The van der Waals surface area contributed by atoms with Crippen LogP contribution in [0.4, 0.5) is 0 Å². The van der Waals surface area contributed by atoms with Gasteiger partial charge in [-0.25, -0.2) is 5.43 Å². The van der Waals surface area contributed by atoms with Gasteiger partial charge in [0.05, 0.1) is 18.0 Å². The van der Waals surface area contributed by atoms with Gasteiger partial charge in [0.25, 0.3) is 5.91 Å². The Morgan fingerprint density at radius 1 is 1.14 bits per heavy atom. The van der Waals surface area contributed by atoms with Gasteiger partial charge >= 0.3 is 0 Å². The molecule has 0 spiro atoms. The quantitative estimate of drug-likeness (QED) is 0.589. The Hall–Kier alpha value is -2.88. The molecule has 2 aromatic carbocycles. The predicted molar refractivity (Wildman–Crippen MR) is 82.5 cm³/mol. The molecule has 0 fully saturated rings. The van der Waals surface area contributed by atoms with Crippen LogP contribution in [-0.2, 0) is 0 Å². The summed E-state index contributed by atoms with van der Waals surface area (Å²) in [6.07, 6.45) is 3.11. The summed E-state index contributed by atoms with van der Waals surface area (Å²) < 4.78 is 5.09. The Morgan fingerprint density at radius 3 is 2.71 bits per heavy atom. The third kappa shape index (κ3) is 2.84. The molecule has 0 bridgehead atoms. The van der Waals surface area contributed by atoms with E-state index in [0.29, 0.717) is 11.3 Å². The average molecular weight is 278 g/mol. The van der Waals surface area contributed by atoms with Crippen LogP contribution in [0.2, 0.25) is 0 Å². The number of amides is 1. The highest BCUT2D eigenvalue weighted by molar-refractivity contribution is 5.96. The van der Waals surface area contributed by atoms with Gasteiger partial charge in [0, 0.05) is 0 Å². The maximum absolute atomic E-state index is 11.8. The van der Waals surface area contributed by atoms with Crippen molar-refractivity contribution >= 4 is 22.9 Å². The number of carbonyl (C=O) groups excluding carboxylic acids is 1. The van der Waals surface area contributed by atoms with Crippen molar-refractivity contribution < 1.29 is 9.21 Å². The minimum atomic E-state index is -0.279. The average Bonchev–Trinajstić information content (AvgIpc) is 2.93. The molecule has 0 aliphatic heterocycles. The summed E-state index contributed by atoms with van der Waals surface area (Å²) in [6.45, 7) is 1.74. The maximum atomic E-state index is 11.8. The molecule has 0 atom stereocenters. The first-order valence-corrected chi connectivity index (χ1v) is 6.60. The first-order valence-electron chi connectivity index (χ1n) is 6.60. The highest BCUT2D eigenvalue weighted by atomic mass is 16.3. The molecule has 3 aromatic rings. The van der Waals surface area contributed by atoms with E-state index in [2.05, 4.69) is 16.6 Å². The van der Waals surface area contributed by atoms with Crippen molar-refractivity contribution in [3.05, 3.63) is 71.7 Å². The summed E-state index contributed by atoms with van der Waals surface area (Å²) in [6, 6.07) is 15.7. The molecule has 4 heteroatoms. The van der Waals surface area contributed by atoms with Crippen molar-refractivity contribution in [3.8, 4) is 0 Å². The number of carbonyl (C=O) groups is 1. The van der Waals surface area contributed by atoms with Crippen molar-refractivity contribution in [2.75, 3.05) is 0 Å². The minimum absolute atomic E-state index is 0.279. The molecule has 0 saturated carbocycles. The number of benzene rings is 2. The van der Waals surface area contributed by atoms with Crippen LogP contribution >= 0.6 is 0 Å². The summed E-state index contributed by atoms with van der Waals surface area (Å²) in [5.41, 5.74) is 3.91. The minimum Gasteiger partial charge on any atom is -0.469 e. The van der Waals surface area contributed by atoms with Crippen LogP contribution in [0.25, 0.3) is 10.8 Å². The lowest BCUT2D eigenvalue weighted by Gasteiger charge is -2.00. The van der Waals surface area contributed by atoms with Crippen molar-refractivity contribution in [1.29, 1.82) is 0 Å². The van der Waals surface area contributed by atoms with Gasteiger partial charge in [0.1, 0.15) is 5.76 Å². The third-order valence-electron chi connectivity index (χ3n) is 3.26. The van der Waals surface area contributed by atoms with E-state index in [1.165, 1.54) is 11.6 Å². The number of fused-ring (bicyclic) bond motifs is 1. The van der Waals surface area contributed by atoms with Crippen LogP contribution < -0.4 is 5.43 Å². The molecule has 4 nitrogen and oxygen atoms in total. The largest absolute Gasteiger partial charge is 0.469 e. The lowest BCUT2D eigenvalue weighted by atomic mass is 10.1. The zero-order chi connectivity index (χ0) is 14.7. The molecule has 0 aliphatic carbocycles. The van der Waals surface area contributed by atoms with Crippen LogP contribution in [0.1, 0.15) is 21.7 Å². The number of hydrogen-bond donors (Lipinski definition) is 1. The van der Waals surface area contributed by atoms with E-state index in [0.717, 1.165) is 10.9 Å². The second-order valence-electron chi connectivity index (χ2n) is 4.70. The highest BCUT2D eigenvalue weighted by Crippen LogP contribution is 2.14. The van der Waals surface area contributed by atoms with E-state index in [-0.39, 0.29) is 5.91 Å². The summed E-state index contributed by atoms with van der Waals surface area (Å²) in [5, 5.41) is 6.29. The SMILES string of the molecule is Cc1occc1C(=O)NN=Cc1ccc2ccccc2c1. The Bertz CT molecular complexity index is 818. The Kier molecular flexibility index (Phi) is 3.51. The summed E-state index contributed by atoms with van der Waals surface area (Å²) >= 11 is 0. The third-order valence-corrected chi connectivity index (χ3v) is 3.26. The first kappa shape index (κ1) is 13.1. The van der Waals surface area contributed by atoms with Gasteiger partial charge < -0.3 is 4.42 Å². The zero-order valence-corrected chi connectivity index (χ0v) is 11.5. The molecule has 1 N–H and O–H groups in total. The van der Waals surface area contributed by atoms with Crippen LogP contribution in [0.3, 0.4) is 0 Å². The Balaban J connectivity index is 1.73. The summed E-state index contributed by atoms with van der Waals surface area (Å²) in [5.74, 6) is 0.298. The number of hydrazone groups is 1. The van der Waals surface area contributed by atoms with E-state index in [1.54, 1.807) is 19.2 Å². The molecule has 0 aliphatic rings. The van der Waals surface area contributed by atoms with Gasteiger partial charge in [-0.1, -0.05) is 36.4 Å². The number of aryl methyl sites for hydroxylation is 1. The number of hydrogen-bond acceptors (Lipinski definition) is 3. The standard InChI is InChI=1S/C17H14N2O2/c1-12-16(8-9-21-12)17(20)19-18-11-13-6-7-14-4-2-3-5-15(14)10-13/h2-11H,1H3,(H,19,20). The second kappa shape index (κ2) is 5.63. The van der Waals surface area contributed by atoms with E-state index in [4.69, 9.17) is 4.42 Å². The van der Waals surface area contributed by atoms with Crippen molar-refractivity contribution in [1.82, 2.24) is 5.43 Å². The molecule has 0 unspecified atom stereocenters. The molecule has 1 amide bonds. The fourth-order valence-electron chi connectivity index (χ4n) is 2.13. The highest BCUT2D eigenvalue weighted by Gasteiger charge is 2.09. The van der Waals surface area contributed by atoms with Gasteiger partial charge in [-0.15, -0.1) is 0 Å². The number of furan rings is 1. The molecule has 0 radical (unpaired) electrons. The van der Waals surface area contributed by atoms with Gasteiger partial charge in [-0.3, -0.25) is 4.79 Å². The molecule has 1 aromatic heterocycles. The Labute approximate surface area is 122 Å². The monoisotopic (exact) mass is 278 g/mol. The Morgan fingerprint density at radius 2 is 1.95 bits per heavy atom. The van der Waals surface area contributed by atoms with Gasteiger partial charge in [0.2, 0.25) is 0 Å². The number of rotatable bonds is 3. The van der Waals surface area contributed by atoms with Gasteiger partial charge in [0.15, 0.2) is 0 Å². The molecule has 21 heavy (non-hydrogen) atoms. The fourth-order valence-corrected chi connectivity index (χ4v) is 2.13. The summed E-state index contributed by atoms with van der Waals surface area (Å²) in [4.78, 5) is 11.8. The summed E-state index contributed by atoms with van der Waals surface area (Å²) in [7, 11) is 0. The lowest BCUT2D eigenvalue weighted by molar-refractivity contribution is 0.0953. The molecule has 3 rings (SSSR count). The molecule has 104 valence electrons. The molecular weight excluding hydrogens is 264 g/mol. The molecule has 0 saturated heterocycles.